The van der Waals surface area contributed by atoms with Crippen molar-refractivity contribution in [2.45, 2.75) is 76.4 Å². The third-order valence-corrected chi connectivity index (χ3v) is 9.69. The monoisotopic (exact) mass is 662 g/mol. The molecular formula is C35H37F3N6O4. The normalized spacial score (nSPS) is 21.5. The Morgan fingerprint density at radius 2 is 1.85 bits per heavy atom. The summed E-state index contributed by atoms with van der Waals surface area (Å²) >= 11 is 0. The molecule has 4 atom stereocenters. The van der Waals surface area contributed by atoms with E-state index in [1.165, 1.54) is 16.8 Å². The first kappa shape index (κ1) is 33.1. The number of H-pyrrole nitrogens is 1. The minimum absolute atomic E-state index is 0.0358. The summed E-state index contributed by atoms with van der Waals surface area (Å²) in [4.78, 5) is 60.4. The summed E-state index contributed by atoms with van der Waals surface area (Å²) < 4.78 is 42.5. The molecule has 10 nitrogen and oxygen atoms in total. The maximum atomic E-state index is 14.4. The lowest BCUT2D eigenvalue weighted by molar-refractivity contribution is -0.147. The number of nitriles is 1. The van der Waals surface area contributed by atoms with Crippen LogP contribution in [-0.4, -0.2) is 70.1 Å². The molecule has 13 heteroatoms. The molecule has 1 saturated heterocycles. The third-order valence-electron chi connectivity index (χ3n) is 9.69. The Bertz CT molecular complexity index is 1880. The maximum absolute atomic E-state index is 14.4. The number of para-hydroxylation sites is 1. The van der Waals surface area contributed by atoms with Crippen LogP contribution in [0, 0.1) is 40.1 Å². The van der Waals surface area contributed by atoms with Gasteiger partial charge in [-0.05, 0) is 41.9 Å². The van der Waals surface area contributed by atoms with Crippen molar-refractivity contribution in [2.75, 3.05) is 18.9 Å². The predicted molar refractivity (Wildman–Crippen MR) is 170 cm³/mol. The van der Waals surface area contributed by atoms with Gasteiger partial charge in [-0.15, -0.1) is 0 Å². The summed E-state index contributed by atoms with van der Waals surface area (Å²) in [5.74, 6) is -5.80. The number of anilines is 1. The van der Waals surface area contributed by atoms with Crippen LogP contribution in [0.15, 0.2) is 36.4 Å². The van der Waals surface area contributed by atoms with Crippen molar-refractivity contribution in [3.05, 3.63) is 65.1 Å². The molecule has 3 N–H and O–H groups in total. The fourth-order valence-electron chi connectivity index (χ4n) is 7.00. The number of rotatable bonds is 8. The highest BCUT2D eigenvalue weighted by Crippen LogP contribution is 2.46. The van der Waals surface area contributed by atoms with Gasteiger partial charge < -0.3 is 25.4 Å². The predicted octanol–water partition coefficient (Wildman–Crippen LogP) is 4.76. The zero-order valence-electron chi connectivity index (χ0n) is 27.1. The lowest BCUT2D eigenvalue weighted by Crippen LogP contribution is -2.56. The fourth-order valence-corrected chi connectivity index (χ4v) is 7.00. The Hall–Kier alpha value is -4.86. The number of carbonyl (C=O) groups is 4. The molecule has 1 saturated carbocycles. The van der Waals surface area contributed by atoms with Crippen molar-refractivity contribution in [1.29, 1.82) is 5.26 Å². The Balaban J connectivity index is 1.27. The maximum Gasteiger partial charge on any atom is 0.268 e. The van der Waals surface area contributed by atoms with E-state index in [0.717, 1.165) is 18.9 Å². The quantitative estimate of drug-likeness (QED) is 0.299. The molecule has 0 radical (unpaired) electrons. The largest absolute Gasteiger partial charge is 0.348 e. The molecular weight excluding hydrogens is 625 g/mol. The number of likely N-dealkylation sites (tertiary alicyclic amines) is 1. The van der Waals surface area contributed by atoms with Gasteiger partial charge in [0.1, 0.15) is 29.6 Å². The zero-order valence-corrected chi connectivity index (χ0v) is 27.1. The van der Waals surface area contributed by atoms with Gasteiger partial charge in [-0.25, -0.2) is 13.2 Å². The van der Waals surface area contributed by atoms with Crippen LogP contribution < -0.4 is 10.6 Å². The number of halogens is 3. The van der Waals surface area contributed by atoms with Crippen LogP contribution in [0.3, 0.4) is 0 Å². The van der Waals surface area contributed by atoms with E-state index in [-0.39, 0.29) is 48.7 Å². The van der Waals surface area contributed by atoms with Gasteiger partial charge in [0.25, 0.3) is 5.91 Å². The second-order valence-electron chi connectivity index (χ2n) is 14.5. The van der Waals surface area contributed by atoms with Crippen LogP contribution >= 0.6 is 0 Å². The van der Waals surface area contributed by atoms with E-state index in [2.05, 4.69) is 21.7 Å². The number of hydrogen-bond donors (Lipinski definition) is 3. The lowest BCUT2D eigenvalue weighted by atomic mass is 9.80. The van der Waals surface area contributed by atoms with E-state index in [4.69, 9.17) is 0 Å². The van der Waals surface area contributed by atoms with E-state index in [0.29, 0.717) is 17.3 Å². The van der Waals surface area contributed by atoms with Crippen molar-refractivity contribution in [2.24, 2.45) is 11.3 Å². The summed E-state index contributed by atoms with van der Waals surface area (Å²) in [6.45, 7) is 5.71. The van der Waals surface area contributed by atoms with Crippen LogP contribution in [0.4, 0.5) is 18.9 Å². The van der Waals surface area contributed by atoms with Gasteiger partial charge in [-0.2, -0.15) is 5.26 Å². The first-order valence-corrected chi connectivity index (χ1v) is 16.0. The number of aromatic amines is 1. The van der Waals surface area contributed by atoms with Gasteiger partial charge in [-0.1, -0.05) is 51.8 Å². The van der Waals surface area contributed by atoms with Gasteiger partial charge >= 0.3 is 0 Å². The van der Waals surface area contributed by atoms with E-state index >= 15 is 0 Å². The summed E-state index contributed by atoms with van der Waals surface area (Å²) in [7, 11) is 1.48. The van der Waals surface area contributed by atoms with Crippen molar-refractivity contribution in [1.82, 2.24) is 20.1 Å². The highest BCUT2D eigenvalue weighted by molar-refractivity contribution is 6.07. The number of benzene rings is 2. The molecule has 1 aliphatic carbocycles. The first-order valence-electron chi connectivity index (χ1n) is 16.0. The zero-order chi connectivity index (χ0) is 34.7. The van der Waals surface area contributed by atoms with Gasteiger partial charge in [-0.3, -0.25) is 19.2 Å². The molecule has 3 heterocycles. The summed E-state index contributed by atoms with van der Waals surface area (Å²) in [5.41, 5.74) is -0.975. The van der Waals surface area contributed by atoms with Crippen LogP contribution in [0.5, 0.6) is 0 Å². The highest BCUT2D eigenvalue weighted by Gasteiger charge is 2.57. The van der Waals surface area contributed by atoms with Gasteiger partial charge in [0.05, 0.1) is 17.0 Å². The molecule has 1 spiro atoms. The molecule has 0 bridgehead atoms. The smallest absolute Gasteiger partial charge is 0.268 e. The minimum atomic E-state index is -1.41. The molecule has 1 aromatic heterocycles. The van der Waals surface area contributed by atoms with Crippen LogP contribution in [0.2, 0.25) is 0 Å². The second-order valence-corrected chi connectivity index (χ2v) is 14.5. The number of carbonyl (C=O) groups excluding carboxylic acids is 4. The Kier molecular flexibility index (Phi) is 8.25. The van der Waals surface area contributed by atoms with Crippen molar-refractivity contribution in [3.63, 3.8) is 0 Å². The van der Waals surface area contributed by atoms with Crippen molar-refractivity contribution < 1.29 is 32.3 Å². The number of hydrogen-bond acceptors (Lipinski definition) is 5. The Morgan fingerprint density at radius 3 is 2.52 bits per heavy atom. The van der Waals surface area contributed by atoms with E-state index in [9.17, 15) is 37.6 Å². The van der Waals surface area contributed by atoms with Crippen molar-refractivity contribution >= 4 is 40.2 Å². The molecule has 4 amide bonds. The minimum Gasteiger partial charge on any atom is -0.348 e. The molecule has 6 rings (SSSR count). The number of amides is 4. The summed E-state index contributed by atoms with van der Waals surface area (Å²) in [5, 5.41) is 15.4. The number of nitrogens with one attached hydrogen (secondary N) is 3. The average Bonchev–Trinajstić information content (AvgIpc) is 3.48. The number of fused-ring (bicyclic) bond motifs is 3. The molecule has 3 aliphatic rings. The van der Waals surface area contributed by atoms with E-state index in [1.54, 1.807) is 18.2 Å². The number of aromatic nitrogens is 1. The van der Waals surface area contributed by atoms with Crippen LogP contribution in [-0.2, 0) is 19.8 Å². The van der Waals surface area contributed by atoms with E-state index in [1.807, 2.05) is 26.8 Å². The molecule has 48 heavy (non-hydrogen) atoms. The molecule has 2 aliphatic heterocycles. The lowest BCUT2D eigenvalue weighted by Gasteiger charge is -2.37. The Labute approximate surface area is 275 Å². The number of likely N-dealkylation sites (N-methyl/N-ethyl adjacent to an activating group) is 1. The number of nitrogens with zero attached hydrogens (tertiary/aromatic N) is 3. The van der Waals surface area contributed by atoms with Gasteiger partial charge in [0.15, 0.2) is 11.6 Å². The Morgan fingerprint density at radius 1 is 1.15 bits per heavy atom. The third kappa shape index (κ3) is 5.88. The van der Waals surface area contributed by atoms with Crippen LogP contribution in [0.1, 0.15) is 68.9 Å². The topological polar surface area (TPSA) is 138 Å². The molecule has 0 unspecified atom stereocenters. The molecule has 2 aromatic carbocycles. The van der Waals surface area contributed by atoms with Crippen molar-refractivity contribution in [3.8, 4) is 6.07 Å². The molecule has 2 fully saturated rings. The molecule has 3 aromatic rings. The first-order chi connectivity index (χ1) is 22.6. The molecule has 252 valence electrons. The van der Waals surface area contributed by atoms with Gasteiger partial charge in [0, 0.05) is 37.2 Å². The SMILES string of the molecule is CN(C(=O)[C@H](CC1CC1)NC(=O)c1cc2c(F)cc(F)c(F)c2[nH]1)[C@@H](CC(C)(C)C)C(=O)N1C[C@]2(C[C@H]1C#N)C(=O)Nc1ccccc12. The summed E-state index contributed by atoms with van der Waals surface area (Å²) in [6.07, 6.45) is 2.29. The average molecular weight is 663 g/mol. The summed E-state index contributed by atoms with van der Waals surface area (Å²) in [6, 6.07) is 7.78. The second kappa shape index (κ2) is 12.0. The highest BCUT2D eigenvalue weighted by atomic mass is 19.2. The standard InChI is InChI=1S/C35H37F3N6O4/c1-34(2,3)15-27(32(47)44-17-35(14-19(44)16-39)21-7-5-6-8-24(21)42-33(35)48)43(4)31(46)26(11-18-9-10-18)41-30(45)25-12-20-22(36)13-23(37)28(38)29(20)40-25/h5-8,12-13,18-19,26-27,40H,9-11,14-15,17H2,1-4H3,(H,41,45)(H,42,48)/t19-,26-,27-,35-/m0/s1. The van der Waals surface area contributed by atoms with Crippen LogP contribution in [0.25, 0.3) is 10.9 Å². The van der Waals surface area contributed by atoms with E-state index < -0.39 is 69.6 Å². The van der Waals surface area contributed by atoms with Gasteiger partial charge in [0.2, 0.25) is 17.7 Å². The fraction of sp³-hybridized carbons (Fsp3) is 0.457.